The Morgan fingerprint density at radius 1 is 0.886 bits per heavy atom. The fraction of sp³-hybridized carbons (Fsp3) is 0.333. The number of benzene rings is 3. The molecule has 0 saturated heterocycles. The zero-order valence-electron chi connectivity index (χ0n) is 20.0. The SMILES string of the molecule is CC(C)(C)c1ccc(C(F)(F)CN2CCc3cc(S(=O)(=O)Nc4ccc(F)cc4)ccc3C2)cc1. The van der Waals surface area contributed by atoms with Crippen molar-refractivity contribution in [1.29, 1.82) is 0 Å². The summed E-state index contributed by atoms with van der Waals surface area (Å²) in [6.07, 6.45) is 0.467. The highest BCUT2D eigenvalue weighted by molar-refractivity contribution is 7.92. The van der Waals surface area contributed by atoms with Crippen molar-refractivity contribution in [2.45, 2.75) is 50.0 Å². The van der Waals surface area contributed by atoms with Crippen LogP contribution in [-0.4, -0.2) is 26.4 Å². The van der Waals surface area contributed by atoms with E-state index < -0.39 is 28.3 Å². The molecule has 0 radical (unpaired) electrons. The minimum absolute atomic E-state index is 0.00962. The van der Waals surface area contributed by atoms with Crippen molar-refractivity contribution in [2.24, 2.45) is 0 Å². The van der Waals surface area contributed by atoms with Crippen molar-refractivity contribution >= 4 is 15.7 Å². The second-order valence-electron chi connectivity index (χ2n) is 10.0. The van der Waals surface area contributed by atoms with Gasteiger partial charge in [0.2, 0.25) is 0 Å². The van der Waals surface area contributed by atoms with Gasteiger partial charge < -0.3 is 0 Å². The Bertz CT molecular complexity index is 1300. The molecule has 0 atom stereocenters. The first-order chi connectivity index (χ1) is 16.3. The van der Waals surface area contributed by atoms with Gasteiger partial charge >= 0.3 is 0 Å². The van der Waals surface area contributed by atoms with Gasteiger partial charge in [0.15, 0.2) is 0 Å². The molecule has 8 heteroatoms. The van der Waals surface area contributed by atoms with Crippen LogP contribution >= 0.6 is 0 Å². The number of rotatable bonds is 6. The molecule has 0 saturated carbocycles. The molecule has 1 aliphatic rings. The first-order valence-electron chi connectivity index (χ1n) is 11.4. The summed E-state index contributed by atoms with van der Waals surface area (Å²) >= 11 is 0. The third-order valence-corrected chi connectivity index (χ3v) is 7.65. The minimum Gasteiger partial charge on any atom is -0.293 e. The minimum atomic E-state index is -3.86. The first-order valence-corrected chi connectivity index (χ1v) is 12.9. The third-order valence-electron chi connectivity index (χ3n) is 6.27. The van der Waals surface area contributed by atoms with Gasteiger partial charge in [-0.15, -0.1) is 0 Å². The Labute approximate surface area is 204 Å². The van der Waals surface area contributed by atoms with Gasteiger partial charge in [-0.05, 0) is 64.9 Å². The number of sulfonamides is 1. The summed E-state index contributed by atoms with van der Waals surface area (Å²) in [4.78, 5) is 1.78. The predicted molar refractivity (Wildman–Crippen MR) is 132 cm³/mol. The van der Waals surface area contributed by atoms with Gasteiger partial charge in [0.1, 0.15) is 5.82 Å². The number of nitrogens with zero attached hydrogens (tertiary/aromatic N) is 1. The molecule has 0 fully saturated rings. The lowest BCUT2D eigenvalue weighted by Crippen LogP contribution is -2.38. The van der Waals surface area contributed by atoms with Crippen LogP contribution in [0.3, 0.4) is 0 Å². The number of fused-ring (bicyclic) bond motifs is 1. The molecule has 0 spiro atoms. The molecule has 1 N–H and O–H groups in total. The smallest absolute Gasteiger partial charge is 0.285 e. The van der Waals surface area contributed by atoms with E-state index >= 15 is 8.78 Å². The van der Waals surface area contributed by atoms with Gasteiger partial charge in [-0.25, -0.2) is 12.8 Å². The summed E-state index contributed by atoms with van der Waals surface area (Å²) in [7, 11) is -3.86. The van der Waals surface area contributed by atoms with Gasteiger partial charge in [0.05, 0.1) is 11.4 Å². The number of hydrogen-bond donors (Lipinski definition) is 1. The van der Waals surface area contributed by atoms with Crippen LogP contribution in [0, 0.1) is 5.82 Å². The lowest BCUT2D eigenvalue weighted by Gasteiger charge is -2.32. The molecule has 1 aliphatic heterocycles. The number of halogens is 3. The van der Waals surface area contributed by atoms with Crippen molar-refractivity contribution in [1.82, 2.24) is 4.90 Å². The van der Waals surface area contributed by atoms with Crippen LogP contribution in [0.25, 0.3) is 0 Å². The Hall–Kier alpha value is -2.84. The van der Waals surface area contributed by atoms with E-state index in [2.05, 4.69) is 4.72 Å². The quantitative estimate of drug-likeness (QED) is 0.445. The number of hydrogen-bond acceptors (Lipinski definition) is 3. The predicted octanol–water partition coefficient (Wildman–Crippen LogP) is 6.07. The Morgan fingerprint density at radius 3 is 2.14 bits per heavy atom. The number of nitrogens with one attached hydrogen (secondary N) is 1. The molecule has 0 aromatic heterocycles. The van der Waals surface area contributed by atoms with Gasteiger partial charge in [-0.2, -0.15) is 8.78 Å². The van der Waals surface area contributed by atoms with E-state index in [1.54, 1.807) is 29.2 Å². The van der Waals surface area contributed by atoms with Gasteiger partial charge in [-0.3, -0.25) is 9.62 Å². The second kappa shape index (κ2) is 9.32. The summed E-state index contributed by atoms with van der Waals surface area (Å²) in [6, 6.07) is 16.3. The molecule has 1 heterocycles. The van der Waals surface area contributed by atoms with Crippen molar-refractivity contribution in [3.63, 3.8) is 0 Å². The maximum atomic E-state index is 15.0. The normalized spacial score (nSPS) is 15.0. The zero-order valence-corrected chi connectivity index (χ0v) is 20.8. The summed E-state index contributed by atoms with van der Waals surface area (Å²) < 4.78 is 71.1. The molecule has 4 nitrogen and oxygen atoms in total. The summed E-state index contributed by atoms with van der Waals surface area (Å²) in [5, 5.41) is 0. The van der Waals surface area contributed by atoms with Crippen LogP contribution in [0.5, 0.6) is 0 Å². The topological polar surface area (TPSA) is 49.4 Å². The third kappa shape index (κ3) is 5.87. The molecule has 3 aromatic rings. The van der Waals surface area contributed by atoms with E-state index in [4.69, 9.17) is 0 Å². The maximum Gasteiger partial charge on any atom is 0.285 e. The highest BCUT2D eigenvalue weighted by Gasteiger charge is 2.35. The van der Waals surface area contributed by atoms with E-state index in [9.17, 15) is 12.8 Å². The lowest BCUT2D eigenvalue weighted by molar-refractivity contribution is -0.0411. The fourth-order valence-corrected chi connectivity index (χ4v) is 5.32. The van der Waals surface area contributed by atoms with Crippen LogP contribution in [0.1, 0.15) is 43.0 Å². The molecule has 0 aliphatic carbocycles. The highest BCUT2D eigenvalue weighted by atomic mass is 32.2. The molecule has 0 bridgehead atoms. The molecule has 0 amide bonds. The molecule has 0 unspecified atom stereocenters. The largest absolute Gasteiger partial charge is 0.293 e. The zero-order chi connectivity index (χ0) is 25.4. The Morgan fingerprint density at radius 2 is 1.51 bits per heavy atom. The van der Waals surface area contributed by atoms with Crippen molar-refractivity contribution < 1.29 is 21.6 Å². The maximum absolute atomic E-state index is 15.0. The van der Waals surface area contributed by atoms with Crippen LogP contribution in [0.2, 0.25) is 0 Å². The van der Waals surface area contributed by atoms with Crippen LogP contribution < -0.4 is 4.72 Å². The van der Waals surface area contributed by atoms with Gasteiger partial charge in [0.25, 0.3) is 15.9 Å². The van der Waals surface area contributed by atoms with E-state index in [1.165, 1.54) is 42.5 Å². The van der Waals surface area contributed by atoms with Crippen LogP contribution in [0.15, 0.2) is 71.6 Å². The van der Waals surface area contributed by atoms with E-state index in [-0.39, 0.29) is 21.6 Å². The Kier molecular flexibility index (Phi) is 6.72. The molecule has 4 rings (SSSR count). The van der Waals surface area contributed by atoms with E-state index in [1.807, 2.05) is 20.8 Å². The van der Waals surface area contributed by atoms with E-state index in [0.29, 0.717) is 19.5 Å². The fourth-order valence-electron chi connectivity index (χ4n) is 4.21. The average Bonchev–Trinajstić information content (AvgIpc) is 2.79. The summed E-state index contributed by atoms with van der Waals surface area (Å²) in [5.74, 6) is -3.46. The summed E-state index contributed by atoms with van der Waals surface area (Å²) in [6.45, 7) is 6.43. The van der Waals surface area contributed by atoms with Gasteiger partial charge in [-0.1, -0.05) is 51.1 Å². The second-order valence-corrected chi connectivity index (χ2v) is 11.7. The summed E-state index contributed by atoms with van der Waals surface area (Å²) in [5.41, 5.74) is 2.80. The molecular formula is C27H29F3N2O2S. The molecule has 186 valence electrons. The standard InChI is InChI=1S/C27H29F3N2O2S/c1-26(2,3)21-5-7-22(8-6-21)27(29,30)18-32-15-14-19-16-25(13-4-20(19)17-32)35(33,34)31-24-11-9-23(28)10-12-24/h4-13,16,31H,14-15,17-18H2,1-3H3. The van der Waals surface area contributed by atoms with Crippen LogP contribution in [0.4, 0.5) is 18.9 Å². The monoisotopic (exact) mass is 502 g/mol. The molecular weight excluding hydrogens is 473 g/mol. The lowest BCUT2D eigenvalue weighted by atomic mass is 9.86. The van der Waals surface area contributed by atoms with E-state index in [0.717, 1.165) is 16.7 Å². The highest BCUT2D eigenvalue weighted by Crippen LogP contribution is 2.33. The Balaban J connectivity index is 1.45. The first kappa shape index (κ1) is 25.3. The average molecular weight is 503 g/mol. The van der Waals surface area contributed by atoms with Crippen molar-refractivity contribution in [3.8, 4) is 0 Å². The number of alkyl halides is 2. The molecule has 3 aromatic carbocycles. The van der Waals surface area contributed by atoms with Crippen molar-refractivity contribution in [3.05, 3.63) is 94.8 Å². The van der Waals surface area contributed by atoms with Crippen LogP contribution in [-0.2, 0) is 34.3 Å². The van der Waals surface area contributed by atoms with Gasteiger partial charge in [0, 0.05) is 24.3 Å². The number of anilines is 1. The van der Waals surface area contributed by atoms with Crippen molar-refractivity contribution in [2.75, 3.05) is 17.8 Å². The molecule has 35 heavy (non-hydrogen) atoms.